The van der Waals surface area contributed by atoms with Crippen LogP contribution in [0.2, 0.25) is 5.02 Å². The number of hydrogen-bond acceptors (Lipinski definition) is 7. The average Bonchev–Trinajstić information content (AvgIpc) is 2.93. The van der Waals surface area contributed by atoms with Crippen molar-refractivity contribution in [3.63, 3.8) is 0 Å². The Bertz CT molecular complexity index is 1780. The number of carbonyl (C=O) groups excluding carboxylic acids is 1. The highest BCUT2D eigenvalue weighted by Gasteiger charge is 2.45. The normalized spacial score (nSPS) is 17.9. The van der Waals surface area contributed by atoms with Crippen LogP contribution in [0.4, 0.5) is 11.4 Å². The molecule has 0 spiro atoms. The molecule has 5 rings (SSSR count). The summed E-state index contributed by atoms with van der Waals surface area (Å²) in [5.41, 5.74) is 12.5. The lowest BCUT2D eigenvalue weighted by Crippen LogP contribution is -2.42. The first kappa shape index (κ1) is 29.9. The van der Waals surface area contributed by atoms with Crippen LogP contribution in [0.5, 0.6) is 5.75 Å². The number of anilines is 1. The number of rotatable bonds is 6. The molecule has 2 N–H and O–H groups in total. The molecule has 0 bridgehead atoms. The number of nitro groups is 1. The van der Waals surface area contributed by atoms with Gasteiger partial charge in [-0.1, -0.05) is 55.8 Å². The molecular formula is C34H33ClN4O4. The number of ether oxygens (including phenoxy) is 1. The van der Waals surface area contributed by atoms with E-state index < -0.39 is 10.8 Å². The number of nitro benzene ring substituents is 1. The Hall–Kier alpha value is -4.61. The summed E-state index contributed by atoms with van der Waals surface area (Å²) < 4.78 is 6.06. The third-order valence-corrected chi connectivity index (χ3v) is 8.59. The Kier molecular flexibility index (Phi) is 7.80. The van der Waals surface area contributed by atoms with Gasteiger partial charge < -0.3 is 10.5 Å². The van der Waals surface area contributed by atoms with Gasteiger partial charge in [0.25, 0.3) is 5.69 Å². The number of non-ortho nitro benzene ring substituents is 1. The number of halogens is 1. The third-order valence-electron chi connectivity index (χ3n) is 8.28. The lowest BCUT2D eigenvalue weighted by atomic mass is 9.68. The van der Waals surface area contributed by atoms with Crippen molar-refractivity contribution in [3.05, 3.63) is 120 Å². The van der Waals surface area contributed by atoms with Gasteiger partial charge in [0.1, 0.15) is 18.2 Å². The quantitative estimate of drug-likeness (QED) is 0.228. The van der Waals surface area contributed by atoms with Crippen LogP contribution in [0.25, 0.3) is 0 Å². The molecule has 1 aliphatic heterocycles. The first-order valence-electron chi connectivity index (χ1n) is 14.0. The molecule has 0 saturated heterocycles. The van der Waals surface area contributed by atoms with E-state index in [4.69, 9.17) is 22.1 Å². The molecule has 0 fully saturated rings. The number of nitriles is 1. The van der Waals surface area contributed by atoms with E-state index >= 15 is 0 Å². The maximum Gasteiger partial charge on any atom is 0.271 e. The van der Waals surface area contributed by atoms with Gasteiger partial charge in [0.15, 0.2) is 5.78 Å². The zero-order valence-electron chi connectivity index (χ0n) is 24.8. The molecule has 1 aliphatic carbocycles. The van der Waals surface area contributed by atoms with E-state index in [1.807, 2.05) is 58.9 Å². The van der Waals surface area contributed by atoms with Crippen molar-refractivity contribution in [1.82, 2.24) is 0 Å². The molecule has 3 aromatic rings. The number of allylic oxidation sites excluding steroid dienone is 3. The molecule has 3 aromatic carbocycles. The lowest BCUT2D eigenvalue weighted by Gasteiger charge is -2.44. The maximum atomic E-state index is 14.0. The van der Waals surface area contributed by atoms with E-state index in [0.29, 0.717) is 40.6 Å². The van der Waals surface area contributed by atoms with Crippen LogP contribution in [-0.4, -0.2) is 10.7 Å². The topological polar surface area (TPSA) is 122 Å². The van der Waals surface area contributed by atoms with Gasteiger partial charge in [0.05, 0.1) is 33.2 Å². The second kappa shape index (κ2) is 11.2. The van der Waals surface area contributed by atoms with Crippen LogP contribution in [0, 0.1) is 47.6 Å². The molecule has 0 radical (unpaired) electrons. The summed E-state index contributed by atoms with van der Waals surface area (Å²) in [6.07, 6.45) is 0.801. The number of benzene rings is 3. The van der Waals surface area contributed by atoms with Crippen LogP contribution in [0.1, 0.15) is 60.4 Å². The monoisotopic (exact) mass is 596 g/mol. The fourth-order valence-electron chi connectivity index (χ4n) is 6.15. The summed E-state index contributed by atoms with van der Waals surface area (Å²) >= 11 is 6.31. The number of carbonyl (C=O) groups is 1. The van der Waals surface area contributed by atoms with Crippen molar-refractivity contribution in [3.8, 4) is 11.8 Å². The van der Waals surface area contributed by atoms with Crippen LogP contribution < -0.4 is 15.4 Å². The first-order valence-corrected chi connectivity index (χ1v) is 14.4. The highest BCUT2D eigenvalue weighted by Crippen LogP contribution is 2.51. The number of aryl methyl sites for hydroxylation is 3. The van der Waals surface area contributed by atoms with E-state index in [1.54, 1.807) is 23.1 Å². The van der Waals surface area contributed by atoms with E-state index in [2.05, 4.69) is 6.07 Å². The highest BCUT2D eigenvalue weighted by atomic mass is 35.5. The average molecular weight is 597 g/mol. The Morgan fingerprint density at radius 2 is 1.81 bits per heavy atom. The van der Waals surface area contributed by atoms with Gasteiger partial charge in [-0.05, 0) is 72.6 Å². The van der Waals surface area contributed by atoms with Gasteiger partial charge in [-0.15, -0.1) is 0 Å². The van der Waals surface area contributed by atoms with Crippen LogP contribution in [-0.2, 0) is 11.4 Å². The summed E-state index contributed by atoms with van der Waals surface area (Å²) in [4.78, 5) is 27.0. The molecule has 0 saturated carbocycles. The summed E-state index contributed by atoms with van der Waals surface area (Å²) in [5.74, 6) is -0.0472. The van der Waals surface area contributed by atoms with Crippen molar-refractivity contribution in [1.29, 1.82) is 5.26 Å². The van der Waals surface area contributed by atoms with Crippen molar-refractivity contribution >= 4 is 28.8 Å². The van der Waals surface area contributed by atoms with E-state index in [1.165, 1.54) is 12.1 Å². The largest absolute Gasteiger partial charge is 0.487 e. The maximum absolute atomic E-state index is 14.0. The van der Waals surface area contributed by atoms with Crippen molar-refractivity contribution < 1.29 is 14.5 Å². The smallest absolute Gasteiger partial charge is 0.271 e. The van der Waals surface area contributed by atoms with Gasteiger partial charge in [-0.3, -0.25) is 19.8 Å². The second-order valence-electron chi connectivity index (χ2n) is 12.1. The minimum absolute atomic E-state index is 0.0709. The number of ketones is 1. The Morgan fingerprint density at radius 1 is 1.09 bits per heavy atom. The minimum Gasteiger partial charge on any atom is -0.487 e. The van der Waals surface area contributed by atoms with Gasteiger partial charge in [-0.2, -0.15) is 5.26 Å². The summed E-state index contributed by atoms with van der Waals surface area (Å²) in [5, 5.41) is 22.7. The number of nitrogens with two attached hydrogens (primary N) is 1. The van der Waals surface area contributed by atoms with Crippen LogP contribution in [0.15, 0.2) is 77.3 Å². The van der Waals surface area contributed by atoms with Crippen LogP contribution >= 0.6 is 11.6 Å². The molecule has 43 heavy (non-hydrogen) atoms. The molecule has 2 aliphatic rings. The first-order chi connectivity index (χ1) is 20.3. The molecule has 220 valence electrons. The van der Waals surface area contributed by atoms with Crippen molar-refractivity contribution in [2.24, 2.45) is 11.1 Å². The Morgan fingerprint density at radius 3 is 2.49 bits per heavy atom. The predicted molar refractivity (Wildman–Crippen MR) is 167 cm³/mol. The minimum atomic E-state index is -0.696. The predicted octanol–water partition coefficient (Wildman–Crippen LogP) is 7.69. The molecule has 0 aromatic heterocycles. The fraction of sp³-hybridized carbons (Fsp3) is 0.294. The lowest BCUT2D eigenvalue weighted by molar-refractivity contribution is -0.384. The Labute approximate surface area is 256 Å². The molecule has 9 heteroatoms. The van der Waals surface area contributed by atoms with Crippen LogP contribution in [0.3, 0.4) is 0 Å². The third kappa shape index (κ3) is 5.49. The zero-order valence-corrected chi connectivity index (χ0v) is 25.6. The molecule has 1 heterocycles. The Balaban J connectivity index is 1.70. The van der Waals surface area contributed by atoms with Crippen molar-refractivity contribution in [2.75, 3.05) is 4.90 Å². The highest BCUT2D eigenvalue weighted by molar-refractivity contribution is 6.32. The molecular weight excluding hydrogens is 564 g/mol. The fourth-order valence-corrected chi connectivity index (χ4v) is 6.34. The van der Waals surface area contributed by atoms with Crippen molar-refractivity contribution in [2.45, 2.75) is 60.0 Å². The van der Waals surface area contributed by atoms with E-state index in [-0.39, 0.29) is 34.9 Å². The number of nitrogens with zero attached hydrogens (tertiary/aromatic N) is 3. The van der Waals surface area contributed by atoms with Gasteiger partial charge in [-0.25, -0.2) is 0 Å². The SMILES string of the molecule is Cc1cc(C)c(C2C(C#N)=C(N)N(c3cc([N+](=O)[O-])ccc3C)C3=C2C(=O)CC(C)(C)C3)cc1COc1ccccc1Cl. The molecule has 8 nitrogen and oxygen atoms in total. The number of Topliss-reactive ketones (excluding diaryl/α,β-unsaturated/α-hetero) is 1. The summed E-state index contributed by atoms with van der Waals surface area (Å²) in [6.45, 7) is 10.1. The summed E-state index contributed by atoms with van der Waals surface area (Å²) in [7, 11) is 0. The van der Waals surface area contributed by atoms with E-state index in [9.17, 15) is 20.2 Å². The molecule has 1 unspecified atom stereocenters. The van der Waals surface area contributed by atoms with Gasteiger partial charge in [0, 0.05) is 29.8 Å². The molecule has 1 atom stereocenters. The second-order valence-corrected chi connectivity index (χ2v) is 12.5. The van der Waals surface area contributed by atoms with Gasteiger partial charge in [0.2, 0.25) is 0 Å². The number of hydrogen-bond donors (Lipinski definition) is 1. The van der Waals surface area contributed by atoms with E-state index in [0.717, 1.165) is 27.8 Å². The van der Waals surface area contributed by atoms with Gasteiger partial charge >= 0.3 is 0 Å². The molecule has 0 amide bonds. The number of para-hydroxylation sites is 1. The standard InChI is InChI=1S/C34H33ClN4O4/c1-19-10-11-23(39(41)42)14-27(19)38-28-15-34(4,5)16-29(40)32(28)31(25(17-36)33(38)37)24-13-22(20(2)12-21(24)3)18-43-30-9-7-6-8-26(30)35/h6-14,31H,15-16,18,37H2,1-5H3. The summed E-state index contributed by atoms with van der Waals surface area (Å²) in [6, 6.07) is 18.1. The zero-order chi connectivity index (χ0) is 31.2.